The molecule has 19 heavy (non-hydrogen) atoms. The average molecular weight is 316 g/mol. The van der Waals surface area contributed by atoms with Gasteiger partial charge in [-0.25, -0.2) is 4.39 Å². The van der Waals surface area contributed by atoms with Crippen molar-refractivity contribution in [3.63, 3.8) is 0 Å². The fraction of sp³-hybridized carbons (Fsp3) is 0. The van der Waals surface area contributed by atoms with Crippen LogP contribution in [0.2, 0.25) is 10.0 Å². The number of halogens is 3. The second-order valence-corrected chi connectivity index (χ2v) is 5.07. The van der Waals surface area contributed by atoms with Gasteiger partial charge in [-0.1, -0.05) is 23.2 Å². The molecule has 0 aromatic heterocycles. The molecule has 0 aliphatic carbocycles. The summed E-state index contributed by atoms with van der Waals surface area (Å²) in [6.07, 6.45) is 0. The monoisotopic (exact) mass is 315 g/mol. The summed E-state index contributed by atoms with van der Waals surface area (Å²) in [7, 11) is 0. The van der Waals surface area contributed by atoms with E-state index in [0.29, 0.717) is 4.90 Å². The molecule has 0 bridgehead atoms. The third-order valence-corrected chi connectivity index (χ3v) is 3.31. The van der Waals surface area contributed by atoms with Crippen LogP contribution in [0.3, 0.4) is 0 Å². The molecular weight excluding hydrogens is 308 g/mol. The maximum Gasteiger partial charge on any atom is 0.257 e. The van der Waals surface area contributed by atoms with Crippen LogP contribution in [0.4, 0.5) is 10.1 Å². The Labute approximate surface area is 124 Å². The van der Waals surface area contributed by atoms with Gasteiger partial charge in [0.1, 0.15) is 5.82 Å². The van der Waals surface area contributed by atoms with Gasteiger partial charge in [0, 0.05) is 4.90 Å². The van der Waals surface area contributed by atoms with Gasteiger partial charge in [0.2, 0.25) is 0 Å². The Hall–Kier alpha value is -1.23. The zero-order chi connectivity index (χ0) is 14.0. The largest absolute Gasteiger partial charge is 0.320 e. The normalized spacial score (nSPS) is 10.3. The molecular formula is C13H8Cl2FNOS. The molecule has 0 saturated carbocycles. The molecule has 0 fully saturated rings. The van der Waals surface area contributed by atoms with Gasteiger partial charge in [-0.15, -0.1) is 12.6 Å². The van der Waals surface area contributed by atoms with Crippen molar-refractivity contribution in [1.29, 1.82) is 0 Å². The lowest BCUT2D eigenvalue weighted by Gasteiger charge is -2.09. The van der Waals surface area contributed by atoms with Gasteiger partial charge in [-0.3, -0.25) is 4.79 Å². The summed E-state index contributed by atoms with van der Waals surface area (Å²) < 4.78 is 13.1. The minimum atomic E-state index is -0.492. The van der Waals surface area contributed by atoms with Gasteiger partial charge in [-0.05, 0) is 36.4 Å². The Morgan fingerprint density at radius 1 is 1.11 bits per heavy atom. The first-order chi connectivity index (χ1) is 8.97. The number of hydrogen-bond donors (Lipinski definition) is 2. The maximum atomic E-state index is 13.1. The molecule has 0 heterocycles. The average Bonchev–Trinajstić information content (AvgIpc) is 2.36. The van der Waals surface area contributed by atoms with Crippen molar-refractivity contribution in [2.75, 3.05) is 5.32 Å². The first kappa shape index (κ1) is 14.2. The molecule has 0 atom stereocenters. The van der Waals surface area contributed by atoms with Gasteiger partial charge >= 0.3 is 0 Å². The van der Waals surface area contributed by atoms with Crippen LogP contribution >= 0.6 is 35.8 Å². The van der Waals surface area contributed by atoms with E-state index in [0.717, 1.165) is 6.07 Å². The quantitative estimate of drug-likeness (QED) is 0.774. The third-order valence-electron chi connectivity index (χ3n) is 2.37. The van der Waals surface area contributed by atoms with E-state index in [9.17, 15) is 9.18 Å². The summed E-state index contributed by atoms with van der Waals surface area (Å²) in [6, 6.07) is 8.46. The lowest BCUT2D eigenvalue weighted by molar-refractivity contribution is 0.102. The zero-order valence-electron chi connectivity index (χ0n) is 9.45. The van der Waals surface area contributed by atoms with Crippen molar-refractivity contribution in [1.82, 2.24) is 0 Å². The summed E-state index contributed by atoms with van der Waals surface area (Å²) in [4.78, 5) is 12.6. The Balaban J connectivity index is 2.30. The number of carbonyl (C=O) groups excluding carboxylic acids is 1. The number of amides is 1. The van der Waals surface area contributed by atoms with Gasteiger partial charge in [0.25, 0.3) is 5.91 Å². The van der Waals surface area contributed by atoms with E-state index < -0.39 is 11.7 Å². The number of benzene rings is 2. The van der Waals surface area contributed by atoms with Gasteiger partial charge < -0.3 is 5.32 Å². The second-order valence-electron chi connectivity index (χ2n) is 3.74. The summed E-state index contributed by atoms with van der Waals surface area (Å²) in [6.45, 7) is 0. The van der Waals surface area contributed by atoms with Crippen LogP contribution in [0.1, 0.15) is 10.4 Å². The van der Waals surface area contributed by atoms with Crippen molar-refractivity contribution in [2.24, 2.45) is 0 Å². The molecule has 6 heteroatoms. The van der Waals surface area contributed by atoms with E-state index in [1.165, 1.54) is 18.2 Å². The smallest absolute Gasteiger partial charge is 0.257 e. The number of carbonyl (C=O) groups is 1. The molecule has 0 aliphatic heterocycles. The molecule has 0 spiro atoms. The zero-order valence-corrected chi connectivity index (χ0v) is 11.9. The minimum Gasteiger partial charge on any atom is -0.320 e. The predicted molar refractivity (Wildman–Crippen MR) is 78.1 cm³/mol. The van der Waals surface area contributed by atoms with E-state index in [4.69, 9.17) is 23.2 Å². The summed E-state index contributed by atoms with van der Waals surface area (Å²) in [5, 5.41) is 3.03. The number of rotatable bonds is 2. The highest BCUT2D eigenvalue weighted by Gasteiger charge is 2.13. The van der Waals surface area contributed by atoms with E-state index >= 15 is 0 Å². The number of anilines is 1. The first-order valence-corrected chi connectivity index (χ1v) is 6.42. The summed E-state index contributed by atoms with van der Waals surface area (Å²) in [5.41, 5.74) is 0.432. The molecule has 0 radical (unpaired) electrons. The van der Waals surface area contributed by atoms with Crippen molar-refractivity contribution in [2.45, 2.75) is 4.90 Å². The SMILES string of the molecule is O=C(Nc1cc(F)ccc1Cl)c1cc(S)ccc1Cl. The fourth-order valence-corrected chi connectivity index (χ4v) is 2.04. The second kappa shape index (κ2) is 5.82. The molecule has 0 unspecified atom stereocenters. The van der Waals surface area contributed by atoms with Gasteiger partial charge in [0.15, 0.2) is 0 Å². The third kappa shape index (κ3) is 3.41. The topological polar surface area (TPSA) is 29.1 Å². The maximum absolute atomic E-state index is 13.1. The number of hydrogen-bond acceptors (Lipinski definition) is 2. The van der Waals surface area contributed by atoms with E-state index in [-0.39, 0.29) is 21.3 Å². The molecule has 2 aromatic carbocycles. The van der Waals surface area contributed by atoms with E-state index in [1.807, 2.05) is 0 Å². The van der Waals surface area contributed by atoms with Crippen LogP contribution in [-0.2, 0) is 0 Å². The Morgan fingerprint density at radius 2 is 1.79 bits per heavy atom. The molecule has 2 nitrogen and oxygen atoms in total. The van der Waals surface area contributed by atoms with Crippen LogP contribution in [0.5, 0.6) is 0 Å². The number of thiol groups is 1. The lowest BCUT2D eigenvalue weighted by atomic mass is 10.2. The van der Waals surface area contributed by atoms with Crippen molar-refractivity contribution in [3.8, 4) is 0 Å². The van der Waals surface area contributed by atoms with E-state index in [2.05, 4.69) is 17.9 Å². The highest BCUT2D eigenvalue weighted by Crippen LogP contribution is 2.25. The molecule has 2 rings (SSSR count). The van der Waals surface area contributed by atoms with Crippen molar-refractivity contribution >= 4 is 47.4 Å². The van der Waals surface area contributed by atoms with Crippen LogP contribution in [0, 0.1) is 5.82 Å². The Bertz CT molecular complexity index is 649. The molecule has 1 amide bonds. The highest BCUT2D eigenvalue weighted by molar-refractivity contribution is 7.80. The van der Waals surface area contributed by atoms with Crippen LogP contribution in [-0.4, -0.2) is 5.91 Å². The van der Waals surface area contributed by atoms with Crippen LogP contribution in [0.25, 0.3) is 0 Å². The van der Waals surface area contributed by atoms with Gasteiger partial charge in [0.05, 0.1) is 21.3 Å². The molecule has 0 saturated heterocycles. The van der Waals surface area contributed by atoms with Crippen molar-refractivity contribution in [3.05, 3.63) is 57.8 Å². The summed E-state index contributed by atoms with van der Waals surface area (Å²) in [5.74, 6) is -0.970. The van der Waals surface area contributed by atoms with Crippen LogP contribution in [0.15, 0.2) is 41.3 Å². The predicted octanol–water partition coefficient (Wildman–Crippen LogP) is 4.67. The Morgan fingerprint density at radius 3 is 2.53 bits per heavy atom. The Kier molecular flexibility index (Phi) is 4.34. The molecule has 1 N–H and O–H groups in total. The highest BCUT2D eigenvalue weighted by atomic mass is 35.5. The lowest BCUT2D eigenvalue weighted by Crippen LogP contribution is -2.13. The minimum absolute atomic E-state index is 0.187. The summed E-state index contributed by atoms with van der Waals surface area (Å²) >= 11 is 15.9. The first-order valence-electron chi connectivity index (χ1n) is 5.22. The van der Waals surface area contributed by atoms with Crippen LogP contribution < -0.4 is 5.32 Å². The van der Waals surface area contributed by atoms with E-state index in [1.54, 1.807) is 12.1 Å². The number of nitrogens with one attached hydrogen (secondary N) is 1. The molecule has 2 aromatic rings. The standard InChI is InChI=1S/C13H8Cl2FNOS/c14-10-4-2-8(19)6-9(10)13(18)17-12-5-7(16)1-3-11(12)15/h1-6,19H,(H,17,18). The van der Waals surface area contributed by atoms with Gasteiger partial charge in [-0.2, -0.15) is 0 Å². The van der Waals surface area contributed by atoms with Crippen molar-refractivity contribution < 1.29 is 9.18 Å². The fourth-order valence-electron chi connectivity index (χ4n) is 1.47. The molecule has 0 aliphatic rings. The molecule has 98 valence electrons.